The third-order valence-corrected chi connectivity index (χ3v) is 4.23. The molecule has 1 fully saturated rings. The molecular weight excluding hydrogens is 307 g/mol. The van der Waals surface area contributed by atoms with Crippen LogP contribution in [0.25, 0.3) is 0 Å². The molecule has 134 valence electrons. The largest absolute Gasteiger partial charge is 0.383 e. The zero-order valence-corrected chi connectivity index (χ0v) is 15.0. The molecular formula is C18H29FN4O. The number of rotatable bonds is 9. The van der Waals surface area contributed by atoms with E-state index in [1.807, 2.05) is 11.9 Å². The highest BCUT2D eigenvalue weighted by atomic mass is 19.1. The summed E-state index contributed by atoms with van der Waals surface area (Å²) in [5, 5.41) is 3.41. The average Bonchev–Trinajstić information content (AvgIpc) is 3.41. The van der Waals surface area contributed by atoms with Gasteiger partial charge in [0.1, 0.15) is 5.82 Å². The minimum Gasteiger partial charge on any atom is -0.383 e. The molecule has 2 rings (SSSR count). The lowest BCUT2D eigenvalue weighted by molar-refractivity contribution is 0.144. The van der Waals surface area contributed by atoms with E-state index in [1.165, 1.54) is 25.0 Å². The quantitative estimate of drug-likeness (QED) is 0.553. The van der Waals surface area contributed by atoms with E-state index >= 15 is 0 Å². The van der Waals surface area contributed by atoms with Crippen molar-refractivity contribution in [2.75, 3.05) is 47.4 Å². The van der Waals surface area contributed by atoms with Gasteiger partial charge in [0.2, 0.25) is 0 Å². The molecule has 0 atom stereocenters. The Bertz CT molecular complexity index is 516. The molecule has 0 unspecified atom stereocenters. The number of nitrogens with one attached hydrogen (secondary N) is 1. The second-order valence-corrected chi connectivity index (χ2v) is 6.22. The smallest absolute Gasteiger partial charge is 0.193 e. The topological polar surface area (TPSA) is 40.1 Å². The summed E-state index contributed by atoms with van der Waals surface area (Å²) in [6.07, 6.45) is 2.59. The van der Waals surface area contributed by atoms with Crippen LogP contribution in [0.2, 0.25) is 0 Å². The van der Waals surface area contributed by atoms with Crippen molar-refractivity contribution in [3.05, 3.63) is 35.6 Å². The fraction of sp³-hybridized carbons (Fsp3) is 0.611. The van der Waals surface area contributed by atoms with Crippen molar-refractivity contribution < 1.29 is 9.13 Å². The molecule has 0 spiro atoms. The standard InChI is InChI=1S/C18H29FN4O/c1-20-18(22(2)14-15-4-6-16(19)7-5-15)21-10-11-23(12-13-24-3)17-8-9-17/h4-7,17H,8-14H2,1-3H3,(H,20,21). The van der Waals surface area contributed by atoms with E-state index in [2.05, 4.69) is 15.2 Å². The van der Waals surface area contributed by atoms with Gasteiger partial charge in [0.25, 0.3) is 0 Å². The minimum absolute atomic E-state index is 0.208. The van der Waals surface area contributed by atoms with Gasteiger partial charge in [0, 0.05) is 53.4 Å². The number of ether oxygens (including phenoxy) is 1. The summed E-state index contributed by atoms with van der Waals surface area (Å²) in [6, 6.07) is 7.31. The average molecular weight is 336 g/mol. The summed E-state index contributed by atoms with van der Waals surface area (Å²) in [5.41, 5.74) is 1.06. The van der Waals surface area contributed by atoms with Gasteiger partial charge in [-0.25, -0.2) is 4.39 Å². The van der Waals surface area contributed by atoms with E-state index < -0.39 is 0 Å². The summed E-state index contributed by atoms with van der Waals surface area (Å²) in [6.45, 7) is 4.27. The van der Waals surface area contributed by atoms with E-state index in [4.69, 9.17) is 4.74 Å². The molecule has 0 saturated heterocycles. The van der Waals surface area contributed by atoms with Gasteiger partial charge in [-0.2, -0.15) is 0 Å². The predicted molar refractivity (Wildman–Crippen MR) is 95.7 cm³/mol. The van der Waals surface area contributed by atoms with Crippen LogP contribution in [0.1, 0.15) is 18.4 Å². The van der Waals surface area contributed by atoms with Gasteiger partial charge < -0.3 is 15.0 Å². The van der Waals surface area contributed by atoms with E-state index in [0.717, 1.165) is 43.8 Å². The Morgan fingerprint density at radius 2 is 2.00 bits per heavy atom. The summed E-state index contributed by atoms with van der Waals surface area (Å²) >= 11 is 0. The first kappa shape index (κ1) is 18.7. The molecule has 0 radical (unpaired) electrons. The first-order valence-corrected chi connectivity index (χ1v) is 8.53. The molecule has 1 aromatic rings. The molecule has 0 aromatic heterocycles. The number of guanidine groups is 1. The van der Waals surface area contributed by atoms with Crippen molar-refractivity contribution in [2.45, 2.75) is 25.4 Å². The van der Waals surface area contributed by atoms with Crippen molar-refractivity contribution in [1.29, 1.82) is 0 Å². The highest BCUT2D eigenvalue weighted by molar-refractivity contribution is 5.79. The Hall–Kier alpha value is -1.66. The molecule has 1 aromatic carbocycles. The van der Waals surface area contributed by atoms with Crippen molar-refractivity contribution in [2.24, 2.45) is 4.99 Å². The number of hydrogen-bond acceptors (Lipinski definition) is 3. The van der Waals surface area contributed by atoms with Crippen LogP contribution in [0.3, 0.4) is 0 Å². The predicted octanol–water partition coefficient (Wildman–Crippen LogP) is 1.94. The normalized spacial score (nSPS) is 15.0. The second kappa shape index (κ2) is 9.59. The van der Waals surface area contributed by atoms with Crippen molar-refractivity contribution in [1.82, 2.24) is 15.1 Å². The molecule has 1 N–H and O–H groups in total. The first-order valence-electron chi connectivity index (χ1n) is 8.53. The van der Waals surface area contributed by atoms with Gasteiger partial charge in [-0.1, -0.05) is 12.1 Å². The molecule has 1 aliphatic carbocycles. The number of methoxy groups -OCH3 is 1. The molecule has 0 bridgehead atoms. The maximum absolute atomic E-state index is 13.0. The number of halogens is 1. The lowest BCUT2D eigenvalue weighted by Crippen LogP contribution is -2.43. The Morgan fingerprint density at radius 1 is 1.29 bits per heavy atom. The lowest BCUT2D eigenvalue weighted by atomic mass is 10.2. The number of nitrogens with zero attached hydrogens (tertiary/aromatic N) is 3. The van der Waals surface area contributed by atoms with Crippen molar-refractivity contribution in [3.8, 4) is 0 Å². The molecule has 1 aliphatic rings. The Morgan fingerprint density at radius 3 is 2.58 bits per heavy atom. The third kappa shape index (κ3) is 6.09. The third-order valence-electron chi connectivity index (χ3n) is 4.23. The molecule has 1 saturated carbocycles. The summed E-state index contributed by atoms with van der Waals surface area (Å²) < 4.78 is 18.2. The molecule has 0 amide bonds. The highest BCUT2D eigenvalue weighted by Gasteiger charge is 2.28. The van der Waals surface area contributed by atoms with Crippen molar-refractivity contribution in [3.63, 3.8) is 0 Å². The lowest BCUT2D eigenvalue weighted by Gasteiger charge is -2.25. The van der Waals surface area contributed by atoms with Gasteiger partial charge in [-0.05, 0) is 30.5 Å². The van der Waals surface area contributed by atoms with Crippen LogP contribution < -0.4 is 5.32 Å². The van der Waals surface area contributed by atoms with Crippen LogP contribution >= 0.6 is 0 Å². The molecule has 0 aliphatic heterocycles. The fourth-order valence-electron chi connectivity index (χ4n) is 2.76. The van der Waals surface area contributed by atoms with Gasteiger partial charge in [-0.15, -0.1) is 0 Å². The monoisotopic (exact) mass is 336 g/mol. The van der Waals surface area contributed by atoms with E-state index in [-0.39, 0.29) is 5.82 Å². The zero-order chi connectivity index (χ0) is 17.4. The Balaban J connectivity index is 1.77. The number of benzene rings is 1. The summed E-state index contributed by atoms with van der Waals surface area (Å²) in [7, 11) is 5.52. The SMILES string of the molecule is CN=C(NCCN(CCOC)C1CC1)N(C)Cc1ccc(F)cc1. The zero-order valence-electron chi connectivity index (χ0n) is 15.0. The summed E-state index contributed by atoms with van der Waals surface area (Å²) in [5.74, 6) is 0.641. The van der Waals surface area contributed by atoms with E-state index in [1.54, 1.807) is 26.3 Å². The molecule has 6 heteroatoms. The van der Waals surface area contributed by atoms with Gasteiger partial charge in [-0.3, -0.25) is 9.89 Å². The van der Waals surface area contributed by atoms with Gasteiger partial charge in [0.05, 0.1) is 6.61 Å². The fourth-order valence-corrected chi connectivity index (χ4v) is 2.76. The van der Waals surface area contributed by atoms with Gasteiger partial charge >= 0.3 is 0 Å². The highest BCUT2D eigenvalue weighted by Crippen LogP contribution is 2.25. The van der Waals surface area contributed by atoms with E-state index in [9.17, 15) is 4.39 Å². The van der Waals surface area contributed by atoms with Gasteiger partial charge in [0.15, 0.2) is 5.96 Å². The van der Waals surface area contributed by atoms with Crippen LogP contribution in [-0.4, -0.2) is 69.2 Å². The Labute approximate surface area is 144 Å². The van der Waals surface area contributed by atoms with Crippen LogP contribution in [0, 0.1) is 5.82 Å². The second-order valence-electron chi connectivity index (χ2n) is 6.22. The van der Waals surface area contributed by atoms with Crippen molar-refractivity contribution >= 4 is 5.96 Å². The first-order chi connectivity index (χ1) is 11.6. The maximum atomic E-state index is 13.0. The van der Waals surface area contributed by atoms with Crippen LogP contribution in [0.4, 0.5) is 4.39 Å². The van der Waals surface area contributed by atoms with Crippen LogP contribution in [0.15, 0.2) is 29.3 Å². The molecule has 5 nitrogen and oxygen atoms in total. The Kier molecular flexibility index (Phi) is 7.46. The van der Waals surface area contributed by atoms with E-state index in [0.29, 0.717) is 6.54 Å². The number of hydrogen-bond donors (Lipinski definition) is 1. The molecule has 0 heterocycles. The minimum atomic E-state index is -0.208. The maximum Gasteiger partial charge on any atom is 0.193 e. The number of aliphatic imine (C=N–C) groups is 1. The van der Waals surface area contributed by atoms with Crippen LogP contribution in [-0.2, 0) is 11.3 Å². The van der Waals surface area contributed by atoms with Crippen LogP contribution in [0.5, 0.6) is 0 Å². The summed E-state index contributed by atoms with van der Waals surface area (Å²) in [4.78, 5) is 8.86. The molecule has 24 heavy (non-hydrogen) atoms.